The van der Waals surface area contributed by atoms with Gasteiger partial charge in [-0.25, -0.2) is 4.79 Å². The first kappa shape index (κ1) is 14.1. The third-order valence-corrected chi connectivity index (χ3v) is 4.01. The Labute approximate surface area is 111 Å². The van der Waals surface area contributed by atoms with Gasteiger partial charge in [-0.15, -0.1) is 0 Å². The van der Waals surface area contributed by atoms with Crippen LogP contribution in [0.25, 0.3) is 0 Å². The topological polar surface area (TPSA) is 96.9 Å². The lowest BCUT2D eigenvalue weighted by atomic mass is 9.85. The van der Waals surface area contributed by atoms with Crippen LogP contribution in [-0.2, 0) is 14.3 Å². The summed E-state index contributed by atoms with van der Waals surface area (Å²) in [6.07, 6.45) is 1.80. The van der Waals surface area contributed by atoms with E-state index in [2.05, 4.69) is 10.6 Å². The Morgan fingerprint density at radius 2 is 2.05 bits per heavy atom. The minimum absolute atomic E-state index is 0.100. The van der Waals surface area contributed by atoms with E-state index in [-0.39, 0.29) is 31.4 Å². The van der Waals surface area contributed by atoms with Crippen LogP contribution in [0.1, 0.15) is 19.8 Å². The second-order valence-electron chi connectivity index (χ2n) is 5.43. The minimum atomic E-state index is -1.06. The Morgan fingerprint density at radius 3 is 2.63 bits per heavy atom. The van der Waals surface area contributed by atoms with Crippen molar-refractivity contribution in [2.45, 2.75) is 38.0 Å². The number of carboxylic acids is 1. The fourth-order valence-corrected chi connectivity index (χ4v) is 2.35. The van der Waals surface area contributed by atoms with Crippen LogP contribution in [0.2, 0.25) is 0 Å². The van der Waals surface area contributed by atoms with Gasteiger partial charge in [-0.2, -0.15) is 0 Å². The van der Waals surface area contributed by atoms with E-state index in [1.807, 2.05) is 0 Å². The highest BCUT2D eigenvalue weighted by Crippen LogP contribution is 2.29. The maximum absolute atomic E-state index is 11.8. The van der Waals surface area contributed by atoms with Gasteiger partial charge in [0.15, 0.2) is 0 Å². The van der Waals surface area contributed by atoms with Crippen molar-refractivity contribution < 1.29 is 24.2 Å². The zero-order valence-electron chi connectivity index (χ0n) is 11.1. The lowest BCUT2D eigenvalue weighted by molar-refractivity contribution is -0.148. The summed E-state index contributed by atoms with van der Waals surface area (Å²) >= 11 is 0. The standard InChI is InChI=1S/C12H20N2O5/c1-12(10(15)16)6-19-5-9(12)14-11(17)13-7-3-8(4-7)18-2/h7-9H,3-6H2,1-2H3,(H,15,16)(H2,13,14,17). The second-order valence-corrected chi connectivity index (χ2v) is 5.43. The molecule has 1 saturated carbocycles. The van der Waals surface area contributed by atoms with Crippen molar-refractivity contribution >= 4 is 12.0 Å². The summed E-state index contributed by atoms with van der Waals surface area (Å²) in [5.41, 5.74) is -1.06. The zero-order valence-corrected chi connectivity index (χ0v) is 11.1. The largest absolute Gasteiger partial charge is 0.481 e. The van der Waals surface area contributed by atoms with Crippen LogP contribution in [0.4, 0.5) is 4.79 Å². The maximum Gasteiger partial charge on any atom is 0.315 e. The summed E-state index contributed by atoms with van der Waals surface area (Å²) in [6, 6.07) is -0.755. The van der Waals surface area contributed by atoms with Gasteiger partial charge in [0, 0.05) is 13.2 Å². The van der Waals surface area contributed by atoms with Crippen LogP contribution < -0.4 is 10.6 Å². The van der Waals surface area contributed by atoms with Crippen LogP contribution in [0, 0.1) is 5.41 Å². The molecule has 7 heteroatoms. The van der Waals surface area contributed by atoms with Crippen LogP contribution >= 0.6 is 0 Å². The van der Waals surface area contributed by atoms with E-state index in [9.17, 15) is 14.7 Å². The van der Waals surface area contributed by atoms with Gasteiger partial charge in [0.1, 0.15) is 5.41 Å². The average Bonchev–Trinajstić information content (AvgIpc) is 2.66. The molecule has 1 saturated heterocycles. The van der Waals surface area contributed by atoms with Gasteiger partial charge in [-0.05, 0) is 19.8 Å². The number of carbonyl (C=O) groups is 2. The highest BCUT2D eigenvalue weighted by molar-refractivity contribution is 5.79. The Hall–Kier alpha value is -1.34. The van der Waals surface area contributed by atoms with Gasteiger partial charge in [0.05, 0.1) is 25.4 Å². The number of hydrogen-bond acceptors (Lipinski definition) is 4. The number of methoxy groups -OCH3 is 1. The minimum Gasteiger partial charge on any atom is -0.481 e. The molecule has 2 unspecified atom stereocenters. The van der Waals surface area contributed by atoms with Gasteiger partial charge in [-0.1, -0.05) is 0 Å². The van der Waals surface area contributed by atoms with Crippen molar-refractivity contribution in [1.82, 2.24) is 10.6 Å². The monoisotopic (exact) mass is 272 g/mol. The molecular formula is C12H20N2O5. The van der Waals surface area contributed by atoms with E-state index in [1.165, 1.54) is 0 Å². The highest BCUT2D eigenvalue weighted by Gasteiger charge is 2.47. The SMILES string of the molecule is COC1CC(NC(=O)NC2COCC2(C)C(=O)O)C1. The molecule has 0 radical (unpaired) electrons. The summed E-state index contributed by atoms with van der Waals surface area (Å²) in [5.74, 6) is -0.960. The van der Waals surface area contributed by atoms with Crippen molar-refractivity contribution in [3.63, 3.8) is 0 Å². The first-order valence-electron chi connectivity index (χ1n) is 6.36. The van der Waals surface area contributed by atoms with Crippen LogP contribution in [0.15, 0.2) is 0 Å². The molecule has 0 aromatic rings. The molecule has 108 valence electrons. The molecule has 1 aliphatic heterocycles. The third-order valence-electron chi connectivity index (χ3n) is 4.01. The Kier molecular flexibility index (Phi) is 3.96. The van der Waals surface area contributed by atoms with Crippen molar-refractivity contribution in [2.24, 2.45) is 5.41 Å². The number of amides is 2. The van der Waals surface area contributed by atoms with E-state index < -0.39 is 17.4 Å². The molecule has 2 rings (SSSR count). The molecule has 2 atom stereocenters. The Bertz CT molecular complexity index is 369. The zero-order chi connectivity index (χ0) is 14.0. The Morgan fingerprint density at radius 1 is 1.37 bits per heavy atom. The molecule has 2 amide bonds. The van der Waals surface area contributed by atoms with E-state index in [1.54, 1.807) is 14.0 Å². The quantitative estimate of drug-likeness (QED) is 0.667. The lowest BCUT2D eigenvalue weighted by Gasteiger charge is -2.35. The smallest absolute Gasteiger partial charge is 0.315 e. The van der Waals surface area contributed by atoms with E-state index in [0.29, 0.717) is 0 Å². The number of rotatable bonds is 4. The number of urea groups is 1. The molecule has 3 N–H and O–H groups in total. The summed E-state index contributed by atoms with van der Waals surface area (Å²) in [5, 5.41) is 14.7. The van der Waals surface area contributed by atoms with Crippen molar-refractivity contribution in [2.75, 3.05) is 20.3 Å². The van der Waals surface area contributed by atoms with Crippen LogP contribution in [0.3, 0.4) is 0 Å². The first-order chi connectivity index (χ1) is 8.95. The lowest BCUT2D eigenvalue weighted by Crippen LogP contribution is -2.56. The van der Waals surface area contributed by atoms with Gasteiger partial charge >= 0.3 is 12.0 Å². The third kappa shape index (κ3) is 2.82. The normalized spacial score (nSPS) is 37.5. The molecular weight excluding hydrogens is 252 g/mol. The first-order valence-corrected chi connectivity index (χ1v) is 6.36. The number of aliphatic carboxylic acids is 1. The van der Waals surface area contributed by atoms with Gasteiger partial charge in [0.25, 0.3) is 0 Å². The van der Waals surface area contributed by atoms with Crippen molar-refractivity contribution in [1.29, 1.82) is 0 Å². The van der Waals surface area contributed by atoms with Crippen LogP contribution in [-0.4, -0.2) is 55.6 Å². The van der Waals surface area contributed by atoms with Crippen molar-refractivity contribution in [3.05, 3.63) is 0 Å². The number of nitrogens with one attached hydrogen (secondary N) is 2. The predicted molar refractivity (Wildman–Crippen MR) is 65.8 cm³/mol. The number of ether oxygens (including phenoxy) is 2. The van der Waals surface area contributed by atoms with E-state index in [0.717, 1.165) is 12.8 Å². The van der Waals surface area contributed by atoms with Crippen LogP contribution in [0.5, 0.6) is 0 Å². The molecule has 19 heavy (non-hydrogen) atoms. The maximum atomic E-state index is 11.8. The Balaban J connectivity index is 1.81. The molecule has 0 aromatic carbocycles. The molecule has 7 nitrogen and oxygen atoms in total. The molecule has 1 heterocycles. The average molecular weight is 272 g/mol. The summed E-state index contributed by atoms with van der Waals surface area (Å²) in [7, 11) is 1.65. The van der Waals surface area contributed by atoms with E-state index >= 15 is 0 Å². The molecule has 2 aliphatic rings. The number of carboxylic acid groups (broad SMARTS) is 1. The fraction of sp³-hybridized carbons (Fsp3) is 0.833. The molecule has 0 aromatic heterocycles. The number of carbonyl (C=O) groups excluding carboxylic acids is 1. The highest BCUT2D eigenvalue weighted by atomic mass is 16.5. The molecule has 0 spiro atoms. The molecule has 1 aliphatic carbocycles. The molecule has 0 bridgehead atoms. The van der Waals surface area contributed by atoms with Gasteiger partial charge in [0.2, 0.25) is 0 Å². The molecule has 2 fully saturated rings. The summed E-state index contributed by atoms with van der Waals surface area (Å²) in [4.78, 5) is 23.0. The van der Waals surface area contributed by atoms with E-state index in [4.69, 9.17) is 9.47 Å². The predicted octanol–water partition coefficient (Wildman–Crippen LogP) is -0.0473. The number of hydrogen-bond donors (Lipinski definition) is 3. The summed E-state index contributed by atoms with van der Waals surface area (Å²) in [6.45, 7) is 1.92. The second kappa shape index (κ2) is 5.34. The van der Waals surface area contributed by atoms with Gasteiger partial charge in [-0.3, -0.25) is 4.79 Å². The summed E-state index contributed by atoms with van der Waals surface area (Å²) < 4.78 is 10.3. The van der Waals surface area contributed by atoms with Gasteiger partial charge < -0.3 is 25.2 Å². The van der Waals surface area contributed by atoms with Crippen molar-refractivity contribution in [3.8, 4) is 0 Å². The fourth-order valence-electron chi connectivity index (χ4n) is 2.35.